The van der Waals surface area contributed by atoms with E-state index in [1.54, 1.807) is 7.11 Å². The fourth-order valence-corrected chi connectivity index (χ4v) is 2.14. The van der Waals surface area contributed by atoms with E-state index in [-0.39, 0.29) is 5.97 Å². The van der Waals surface area contributed by atoms with Gasteiger partial charge in [-0.25, -0.2) is 0 Å². The zero-order valence-electron chi connectivity index (χ0n) is 13.6. The molecule has 0 radical (unpaired) electrons. The van der Waals surface area contributed by atoms with Gasteiger partial charge in [0.15, 0.2) is 0 Å². The number of carbonyl (C=O) groups excluding carboxylic acids is 1. The molecule has 1 rings (SSSR count). The van der Waals surface area contributed by atoms with Gasteiger partial charge in [-0.15, -0.1) is 0 Å². The first kappa shape index (κ1) is 17.5. The molecule has 0 heterocycles. The Hall–Kier alpha value is -1.55. The van der Waals surface area contributed by atoms with Crippen LogP contribution in [0.25, 0.3) is 0 Å². The van der Waals surface area contributed by atoms with Gasteiger partial charge >= 0.3 is 5.97 Å². The first-order valence-electron chi connectivity index (χ1n) is 7.61. The summed E-state index contributed by atoms with van der Waals surface area (Å²) in [4.78, 5) is 12.2. The molecule has 118 valence electrons. The minimum atomic E-state index is -0.633. The molecule has 0 amide bonds. The monoisotopic (exact) mass is 293 g/mol. The van der Waals surface area contributed by atoms with Crippen LogP contribution >= 0.6 is 0 Å². The molecule has 0 aromatic heterocycles. The van der Waals surface area contributed by atoms with Gasteiger partial charge in [0.2, 0.25) is 0 Å². The maximum Gasteiger partial charge on any atom is 0.326 e. The number of rotatable bonds is 9. The van der Waals surface area contributed by atoms with Crippen molar-refractivity contribution >= 4 is 5.97 Å². The molecular weight excluding hydrogens is 266 g/mol. The number of esters is 1. The van der Waals surface area contributed by atoms with Crippen LogP contribution in [0.5, 0.6) is 5.75 Å². The highest BCUT2D eigenvalue weighted by Crippen LogP contribution is 2.18. The molecule has 1 aromatic rings. The minimum absolute atomic E-state index is 0.174. The number of nitrogens with one attached hydrogen (secondary N) is 1. The van der Waals surface area contributed by atoms with Gasteiger partial charge in [0.1, 0.15) is 11.3 Å². The summed E-state index contributed by atoms with van der Waals surface area (Å²) >= 11 is 0. The van der Waals surface area contributed by atoms with E-state index in [1.807, 2.05) is 38.1 Å². The predicted molar refractivity (Wildman–Crippen MR) is 84.6 cm³/mol. The average molecular weight is 293 g/mol. The van der Waals surface area contributed by atoms with Crippen molar-refractivity contribution in [2.45, 2.75) is 45.6 Å². The van der Waals surface area contributed by atoms with Crippen LogP contribution in [0.1, 0.15) is 39.2 Å². The van der Waals surface area contributed by atoms with Crippen LogP contribution in [0.15, 0.2) is 24.3 Å². The molecular formula is C17H27NO3. The van der Waals surface area contributed by atoms with E-state index in [4.69, 9.17) is 9.47 Å². The lowest BCUT2D eigenvalue weighted by atomic mass is 9.93. The van der Waals surface area contributed by atoms with Crippen LogP contribution in [0.4, 0.5) is 0 Å². The Balaban J connectivity index is 2.68. The smallest absolute Gasteiger partial charge is 0.326 e. The SMILES string of the molecule is CCCNC(C)(CCc1ccc(OC)cc1)C(=O)OCC. The lowest BCUT2D eigenvalue weighted by molar-refractivity contribution is -0.150. The van der Waals surface area contributed by atoms with Gasteiger partial charge in [-0.3, -0.25) is 4.79 Å². The highest BCUT2D eigenvalue weighted by Gasteiger charge is 2.33. The Labute approximate surface area is 127 Å². The Bertz CT molecular complexity index is 430. The minimum Gasteiger partial charge on any atom is -0.497 e. The Morgan fingerprint density at radius 3 is 2.43 bits per heavy atom. The van der Waals surface area contributed by atoms with Gasteiger partial charge in [-0.1, -0.05) is 19.1 Å². The number of ether oxygens (including phenoxy) is 2. The fraction of sp³-hybridized carbons (Fsp3) is 0.588. The van der Waals surface area contributed by atoms with Crippen molar-refractivity contribution in [2.75, 3.05) is 20.3 Å². The number of carbonyl (C=O) groups is 1. The first-order chi connectivity index (χ1) is 10.1. The molecule has 1 aromatic carbocycles. The molecule has 1 unspecified atom stereocenters. The molecule has 0 saturated heterocycles. The summed E-state index contributed by atoms with van der Waals surface area (Å²) in [6, 6.07) is 7.95. The highest BCUT2D eigenvalue weighted by atomic mass is 16.5. The fourth-order valence-electron chi connectivity index (χ4n) is 2.14. The van der Waals surface area contributed by atoms with Crippen LogP contribution in [0.3, 0.4) is 0 Å². The molecule has 0 aliphatic rings. The number of benzene rings is 1. The Kier molecular flexibility index (Phi) is 7.23. The second kappa shape index (κ2) is 8.67. The molecule has 21 heavy (non-hydrogen) atoms. The molecule has 0 aliphatic heterocycles. The summed E-state index contributed by atoms with van der Waals surface area (Å²) in [6.45, 7) is 7.05. The largest absolute Gasteiger partial charge is 0.497 e. The second-order valence-electron chi connectivity index (χ2n) is 5.33. The zero-order valence-corrected chi connectivity index (χ0v) is 13.6. The van der Waals surface area contributed by atoms with Gasteiger partial charge < -0.3 is 14.8 Å². The first-order valence-corrected chi connectivity index (χ1v) is 7.61. The molecule has 0 fully saturated rings. The Morgan fingerprint density at radius 1 is 1.24 bits per heavy atom. The summed E-state index contributed by atoms with van der Waals surface area (Å²) in [5.74, 6) is 0.669. The van der Waals surface area contributed by atoms with E-state index in [2.05, 4.69) is 12.2 Å². The zero-order chi connectivity index (χ0) is 15.7. The lowest BCUT2D eigenvalue weighted by Crippen LogP contribution is -2.51. The molecule has 0 bridgehead atoms. The summed E-state index contributed by atoms with van der Waals surface area (Å²) in [6.07, 6.45) is 2.51. The summed E-state index contributed by atoms with van der Waals surface area (Å²) in [5.41, 5.74) is 0.552. The second-order valence-corrected chi connectivity index (χ2v) is 5.33. The van der Waals surface area contributed by atoms with Crippen molar-refractivity contribution in [1.29, 1.82) is 0 Å². The van der Waals surface area contributed by atoms with E-state index in [0.29, 0.717) is 13.0 Å². The van der Waals surface area contributed by atoms with Gasteiger partial charge in [0, 0.05) is 0 Å². The molecule has 0 aliphatic carbocycles. The van der Waals surface area contributed by atoms with Crippen molar-refractivity contribution in [3.05, 3.63) is 29.8 Å². The van der Waals surface area contributed by atoms with Gasteiger partial charge in [0.25, 0.3) is 0 Å². The molecule has 4 heteroatoms. The predicted octanol–water partition coefficient (Wildman–Crippen LogP) is 2.95. The van der Waals surface area contributed by atoms with Gasteiger partial charge in [-0.05, 0) is 57.4 Å². The maximum absolute atomic E-state index is 12.2. The summed E-state index contributed by atoms with van der Waals surface area (Å²) < 4.78 is 10.4. The number of hydrogen-bond acceptors (Lipinski definition) is 4. The standard InChI is InChI=1S/C17H27NO3/c1-5-13-18-17(3,16(19)21-6-2)12-11-14-7-9-15(20-4)10-8-14/h7-10,18H,5-6,11-13H2,1-4H3. The van der Waals surface area contributed by atoms with Crippen LogP contribution in [0.2, 0.25) is 0 Å². The number of hydrogen-bond donors (Lipinski definition) is 1. The molecule has 0 saturated carbocycles. The third kappa shape index (κ3) is 5.38. The van der Waals surface area contributed by atoms with E-state index in [9.17, 15) is 4.79 Å². The highest BCUT2D eigenvalue weighted by molar-refractivity contribution is 5.80. The maximum atomic E-state index is 12.2. The number of aryl methyl sites for hydroxylation is 1. The quantitative estimate of drug-likeness (QED) is 0.711. The molecule has 1 N–H and O–H groups in total. The van der Waals surface area contributed by atoms with Crippen LogP contribution in [-0.4, -0.2) is 31.8 Å². The van der Waals surface area contributed by atoms with Gasteiger partial charge in [-0.2, -0.15) is 0 Å². The van der Waals surface area contributed by atoms with Crippen LogP contribution in [0, 0.1) is 0 Å². The third-order valence-electron chi connectivity index (χ3n) is 3.56. The van der Waals surface area contributed by atoms with Crippen LogP contribution < -0.4 is 10.1 Å². The average Bonchev–Trinajstić information content (AvgIpc) is 2.51. The lowest BCUT2D eigenvalue weighted by Gasteiger charge is -2.28. The molecule has 0 spiro atoms. The van der Waals surface area contributed by atoms with Gasteiger partial charge in [0.05, 0.1) is 13.7 Å². The van der Waals surface area contributed by atoms with Crippen molar-refractivity contribution in [3.63, 3.8) is 0 Å². The Morgan fingerprint density at radius 2 is 1.90 bits per heavy atom. The normalized spacial score (nSPS) is 13.5. The topological polar surface area (TPSA) is 47.6 Å². The summed E-state index contributed by atoms with van der Waals surface area (Å²) in [7, 11) is 1.65. The van der Waals surface area contributed by atoms with E-state index in [0.717, 1.165) is 25.1 Å². The third-order valence-corrected chi connectivity index (χ3v) is 3.56. The van der Waals surface area contributed by atoms with Crippen molar-refractivity contribution in [3.8, 4) is 5.75 Å². The van der Waals surface area contributed by atoms with Crippen LogP contribution in [-0.2, 0) is 16.0 Å². The van der Waals surface area contributed by atoms with E-state index >= 15 is 0 Å². The van der Waals surface area contributed by atoms with Crippen molar-refractivity contribution in [2.24, 2.45) is 0 Å². The van der Waals surface area contributed by atoms with E-state index in [1.165, 1.54) is 5.56 Å². The molecule has 4 nitrogen and oxygen atoms in total. The van der Waals surface area contributed by atoms with Crippen molar-refractivity contribution in [1.82, 2.24) is 5.32 Å². The summed E-state index contributed by atoms with van der Waals surface area (Å²) in [5, 5.41) is 3.32. The number of methoxy groups -OCH3 is 1. The van der Waals surface area contributed by atoms with Crippen molar-refractivity contribution < 1.29 is 14.3 Å². The molecule has 1 atom stereocenters. The van der Waals surface area contributed by atoms with E-state index < -0.39 is 5.54 Å².